The molecule has 1 aliphatic rings. The number of rotatable bonds is 3. The van der Waals surface area contributed by atoms with Crippen LogP contribution in [-0.4, -0.2) is 10.1 Å². The number of aromatic nitrogens is 1. The molecular formula is C17H19NO. The third-order valence-electron chi connectivity index (χ3n) is 4.14. The summed E-state index contributed by atoms with van der Waals surface area (Å²) in [7, 11) is 0. The van der Waals surface area contributed by atoms with E-state index in [1.165, 1.54) is 24.8 Å². The zero-order chi connectivity index (χ0) is 13.2. The molecule has 0 bridgehead atoms. The molecule has 0 radical (unpaired) electrons. The van der Waals surface area contributed by atoms with E-state index in [4.69, 9.17) is 0 Å². The molecule has 1 aromatic carbocycles. The van der Waals surface area contributed by atoms with Crippen molar-refractivity contribution >= 4 is 0 Å². The number of pyridine rings is 1. The van der Waals surface area contributed by atoms with E-state index in [0.29, 0.717) is 5.92 Å². The summed E-state index contributed by atoms with van der Waals surface area (Å²) in [5.74, 6) is 0.620. The third-order valence-corrected chi connectivity index (χ3v) is 4.14. The maximum atomic E-state index is 10.7. The quantitative estimate of drug-likeness (QED) is 0.904. The predicted octanol–water partition coefficient (Wildman–Crippen LogP) is 3.74. The molecule has 1 aliphatic carbocycles. The Labute approximate surface area is 114 Å². The Hall–Kier alpha value is -1.67. The van der Waals surface area contributed by atoms with Gasteiger partial charge in [-0.25, -0.2) is 0 Å². The lowest BCUT2D eigenvalue weighted by Gasteiger charge is -2.29. The Kier molecular flexibility index (Phi) is 3.34. The largest absolute Gasteiger partial charge is 0.382 e. The van der Waals surface area contributed by atoms with Crippen LogP contribution in [0, 0.1) is 6.92 Å². The molecule has 1 saturated carbocycles. The monoisotopic (exact) mass is 253 g/mol. The van der Waals surface area contributed by atoms with Crippen LogP contribution in [0.5, 0.6) is 0 Å². The molecule has 3 rings (SSSR count). The van der Waals surface area contributed by atoms with E-state index >= 15 is 0 Å². The summed E-state index contributed by atoms with van der Waals surface area (Å²) in [6, 6.07) is 12.2. The second-order valence-electron chi connectivity index (χ2n) is 5.36. The number of aliphatic hydroxyl groups excluding tert-OH is 1. The maximum absolute atomic E-state index is 10.7. The van der Waals surface area contributed by atoms with Gasteiger partial charge in [-0.1, -0.05) is 36.8 Å². The van der Waals surface area contributed by atoms with Crippen LogP contribution in [0.25, 0.3) is 0 Å². The second-order valence-corrected chi connectivity index (χ2v) is 5.36. The summed E-state index contributed by atoms with van der Waals surface area (Å²) in [4.78, 5) is 4.35. The highest BCUT2D eigenvalue weighted by Gasteiger charge is 2.25. The van der Waals surface area contributed by atoms with Gasteiger partial charge in [-0.15, -0.1) is 0 Å². The standard InChI is InChI=1S/C17H19NO/c1-12-6-5-11-18-16(12)17(19)15-10-3-2-9-14(15)13-7-4-8-13/h2-3,5-6,9-11,13,17,19H,4,7-8H2,1H3. The van der Waals surface area contributed by atoms with Gasteiger partial charge >= 0.3 is 0 Å². The van der Waals surface area contributed by atoms with E-state index in [2.05, 4.69) is 17.1 Å². The van der Waals surface area contributed by atoms with Gasteiger partial charge in [0.25, 0.3) is 0 Å². The maximum Gasteiger partial charge on any atom is 0.121 e. The molecule has 0 aliphatic heterocycles. The number of aryl methyl sites for hydroxylation is 1. The molecule has 1 N–H and O–H groups in total. The lowest BCUT2D eigenvalue weighted by molar-refractivity contribution is 0.211. The van der Waals surface area contributed by atoms with E-state index in [1.807, 2.05) is 31.2 Å². The normalized spacial score (nSPS) is 16.9. The van der Waals surface area contributed by atoms with Crippen molar-refractivity contribution in [3.63, 3.8) is 0 Å². The van der Waals surface area contributed by atoms with Gasteiger partial charge in [0.1, 0.15) is 6.10 Å². The first-order valence-corrected chi connectivity index (χ1v) is 6.96. The minimum absolute atomic E-state index is 0.613. The number of hydrogen-bond donors (Lipinski definition) is 1. The van der Waals surface area contributed by atoms with E-state index in [1.54, 1.807) is 6.20 Å². The van der Waals surface area contributed by atoms with Crippen molar-refractivity contribution < 1.29 is 5.11 Å². The summed E-state index contributed by atoms with van der Waals surface area (Å²) >= 11 is 0. The van der Waals surface area contributed by atoms with Gasteiger partial charge in [0, 0.05) is 6.20 Å². The smallest absolute Gasteiger partial charge is 0.121 e. The molecule has 19 heavy (non-hydrogen) atoms. The van der Waals surface area contributed by atoms with Crippen LogP contribution in [-0.2, 0) is 0 Å². The second kappa shape index (κ2) is 5.14. The van der Waals surface area contributed by atoms with Crippen molar-refractivity contribution in [1.82, 2.24) is 4.98 Å². The zero-order valence-electron chi connectivity index (χ0n) is 11.2. The summed E-state index contributed by atoms with van der Waals surface area (Å²) in [6.07, 6.45) is 4.92. The van der Waals surface area contributed by atoms with E-state index in [-0.39, 0.29) is 0 Å². The Morgan fingerprint density at radius 3 is 2.63 bits per heavy atom. The van der Waals surface area contributed by atoms with Crippen molar-refractivity contribution in [2.45, 2.75) is 38.2 Å². The highest BCUT2D eigenvalue weighted by molar-refractivity contribution is 5.38. The number of nitrogens with zero attached hydrogens (tertiary/aromatic N) is 1. The minimum atomic E-state index is -0.613. The first-order valence-electron chi connectivity index (χ1n) is 6.96. The van der Waals surface area contributed by atoms with Crippen LogP contribution in [0.15, 0.2) is 42.6 Å². The van der Waals surface area contributed by atoms with Gasteiger partial charge in [0.2, 0.25) is 0 Å². The molecule has 1 atom stereocenters. The molecular weight excluding hydrogens is 234 g/mol. The van der Waals surface area contributed by atoms with Gasteiger partial charge in [-0.2, -0.15) is 0 Å². The molecule has 0 spiro atoms. The molecule has 0 saturated heterocycles. The van der Waals surface area contributed by atoms with Crippen molar-refractivity contribution in [1.29, 1.82) is 0 Å². The summed E-state index contributed by atoms with van der Waals surface area (Å²) < 4.78 is 0. The molecule has 2 nitrogen and oxygen atoms in total. The lowest BCUT2D eigenvalue weighted by atomic mass is 9.77. The fourth-order valence-electron chi connectivity index (χ4n) is 2.78. The highest BCUT2D eigenvalue weighted by atomic mass is 16.3. The Balaban J connectivity index is 2.00. The van der Waals surface area contributed by atoms with Gasteiger partial charge < -0.3 is 5.11 Å². The molecule has 98 valence electrons. The fraction of sp³-hybridized carbons (Fsp3) is 0.353. The highest BCUT2D eigenvalue weighted by Crippen LogP contribution is 2.40. The number of benzene rings is 1. The average molecular weight is 253 g/mol. The zero-order valence-corrected chi connectivity index (χ0v) is 11.2. The van der Waals surface area contributed by atoms with Gasteiger partial charge in [-0.3, -0.25) is 4.98 Å². The van der Waals surface area contributed by atoms with Crippen LogP contribution in [0.3, 0.4) is 0 Å². The van der Waals surface area contributed by atoms with Crippen molar-refractivity contribution in [3.05, 3.63) is 65.0 Å². The van der Waals surface area contributed by atoms with Crippen LogP contribution in [0.1, 0.15) is 53.7 Å². The SMILES string of the molecule is Cc1cccnc1C(O)c1ccccc1C1CCC1. The average Bonchev–Trinajstić information content (AvgIpc) is 2.37. The Bertz CT molecular complexity index is 575. The minimum Gasteiger partial charge on any atom is -0.382 e. The van der Waals surface area contributed by atoms with Crippen molar-refractivity contribution in [2.75, 3.05) is 0 Å². The predicted molar refractivity (Wildman–Crippen MR) is 76.1 cm³/mol. The van der Waals surface area contributed by atoms with Gasteiger partial charge in [0.05, 0.1) is 5.69 Å². The number of hydrogen-bond acceptors (Lipinski definition) is 2. The van der Waals surface area contributed by atoms with Gasteiger partial charge in [0.15, 0.2) is 0 Å². The first kappa shape index (κ1) is 12.4. The Morgan fingerprint density at radius 1 is 1.16 bits per heavy atom. The van der Waals surface area contributed by atoms with E-state index in [0.717, 1.165) is 16.8 Å². The van der Waals surface area contributed by atoms with E-state index < -0.39 is 6.10 Å². The van der Waals surface area contributed by atoms with Crippen molar-refractivity contribution in [3.8, 4) is 0 Å². The molecule has 1 aromatic heterocycles. The van der Waals surface area contributed by atoms with Crippen LogP contribution >= 0.6 is 0 Å². The third kappa shape index (κ3) is 2.28. The Morgan fingerprint density at radius 2 is 1.95 bits per heavy atom. The first-order chi connectivity index (χ1) is 9.27. The lowest BCUT2D eigenvalue weighted by Crippen LogP contribution is -2.14. The molecule has 2 heteroatoms. The summed E-state index contributed by atoms with van der Waals surface area (Å²) in [5.41, 5.74) is 4.13. The fourth-order valence-corrected chi connectivity index (χ4v) is 2.78. The van der Waals surface area contributed by atoms with Crippen LogP contribution in [0.2, 0.25) is 0 Å². The summed E-state index contributed by atoms with van der Waals surface area (Å²) in [5, 5.41) is 10.7. The topological polar surface area (TPSA) is 33.1 Å². The molecule has 0 amide bonds. The van der Waals surface area contributed by atoms with Crippen LogP contribution < -0.4 is 0 Å². The van der Waals surface area contributed by atoms with Crippen LogP contribution in [0.4, 0.5) is 0 Å². The number of aliphatic hydroxyl groups is 1. The van der Waals surface area contributed by atoms with E-state index in [9.17, 15) is 5.11 Å². The van der Waals surface area contributed by atoms with Gasteiger partial charge in [-0.05, 0) is 48.4 Å². The molecule has 1 fully saturated rings. The van der Waals surface area contributed by atoms with Crippen molar-refractivity contribution in [2.24, 2.45) is 0 Å². The summed E-state index contributed by atoms with van der Waals surface area (Å²) in [6.45, 7) is 2.00. The molecule has 2 aromatic rings. The molecule has 1 heterocycles. The molecule has 1 unspecified atom stereocenters.